The largest absolute Gasteiger partial charge is 0.623 e. The van der Waals surface area contributed by atoms with E-state index in [9.17, 15) is 10.4 Å². The topological polar surface area (TPSA) is 52.1 Å². The van der Waals surface area contributed by atoms with Crippen LogP contribution in [0.5, 0.6) is 0 Å². The minimum absolute atomic E-state index is 0.492. The van der Waals surface area contributed by atoms with E-state index >= 15 is 0 Å². The summed E-state index contributed by atoms with van der Waals surface area (Å²) in [7, 11) is 0. The van der Waals surface area contributed by atoms with Crippen LogP contribution in [0.3, 0.4) is 0 Å². The first-order valence-electron chi connectivity index (χ1n) is 4.60. The highest BCUT2D eigenvalue weighted by Gasteiger charge is 2.26. The number of fused-ring (bicyclic) bond motifs is 1. The average molecular weight is 202 g/mol. The van der Waals surface area contributed by atoms with Gasteiger partial charge in [0.1, 0.15) is 0 Å². The van der Waals surface area contributed by atoms with Gasteiger partial charge < -0.3 is 10.4 Å². The van der Waals surface area contributed by atoms with Crippen LogP contribution in [0.1, 0.15) is 18.5 Å². The highest BCUT2D eigenvalue weighted by Crippen LogP contribution is 2.29. The zero-order valence-electron chi connectivity index (χ0n) is 8.25. The van der Waals surface area contributed by atoms with E-state index in [2.05, 4.69) is 6.42 Å². The zero-order chi connectivity index (χ0) is 10.8. The normalized spacial score (nSPS) is 19.9. The molecule has 0 N–H and O–H groups in total. The van der Waals surface area contributed by atoms with E-state index in [1.807, 2.05) is 0 Å². The van der Waals surface area contributed by atoms with Gasteiger partial charge in [-0.3, -0.25) is 0 Å². The van der Waals surface area contributed by atoms with Crippen molar-refractivity contribution in [3.8, 4) is 0 Å². The van der Waals surface area contributed by atoms with E-state index < -0.39 is 6.04 Å². The summed E-state index contributed by atoms with van der Waals surface area (Å²) < 4.78 is 1.41. The highest BCUT2D eigenvalue weighted by molar-refractivity contribution is 6.11. The minimum Gasteiger partial charge on any atom is -0.623 e. The molecule has 0 fully saturated rings. The summed E-state index contributed by atoms with van der Waals surface area (Å²) in [5.41, 5.74) is 1.17. The molecule has 0 aromatic heterocycles. The Bertz CT molecular complexity index is 438. The molecule has 0 aliphatic carbocycles. The molecule has 0 spiro atoms. The fourth-order valence-corrected chi connectivity index (χ4v) is 1.63. The molecule has 1 unspecified atom stereocenters. The van der Waals surface area contributed by atoms with Gasteiger partial charge in [-0.15, -0.1) is 0 Å². The van der Waals surface area contributed by atoms with Crippen molar-refractivity contribution in [2.75, 3.05) is 0 Å². The van der Waals surface area contributed by atoms with Crippen LogP contribution in [0, 0.1) is 16.8 Å². The van der Waals surface area contributed by atoms with Gasteiger partial charge in [0.05, 0.1) is 12.0 Å². The average Bonchev–Trinajstić information content (AvgIpc) is 2.38. The molecule has 1 aromatic rings. The third kappa shape index (κ3) is 1.58. The molecule has 1 heterocycles. The molecule has 15 heavy (non-hydrogen) atoms. The maximum absolute atomic E-state index is 11.6. The molecule has 76 valence electrons. The fourth-order valence-electron chi connectivity index (χ4n) is 1.63. The summed E-state index contributed by atoms with van der Waals surface area (Å²) in [6.45, 7) is 1.68. The number of hydrogen-bond acceptors (Lipinski definition) is 2. The fraction of sp³-hybridized carbons (Fsp3) is 0.182. The van der Waals surface area contributed by atoms with Gasteiger partial charge in [0.25, 0.3) is 0 Å². The third-order valence-corrected chi connectivity index (χ3v) is 2.35. The van der Waals surface area contributed by atoms with Crippen LogP contribution in [0.25, 0.3) is 0 Å². The molecule has 1 aromatic carbocycles. The second-order valence-electron chi connectivity index (χ2n) is 3.23. The number of benzene rings is 1. The van der Waals surface area contributed by atoms with Crippen molar-refractivity contribution in [1.82, 2.24) is 0 Å². The lowest BCUT2D eigenvalue weighted by atomic mass is 10.0. The lowest BCUT2D eigenvalue weighted by Crippen LogP contribution is -2.13. The van der Waals surface area contributed by atoms with E-state index in [1.165, 1.54) is 12.4 Å². The van der Waals surface area contributed by atoms with Crippen LogP contribution in [0.4, 0.5) is 5.69 Å². The van der Waals surface area contributed by atoms with Crippen molar-refractivity contribution in [1.29, 1.82) is 0 Å². The van der Waals surface area contributed by atoms with Gasteiger partial charge in [0, 0.05) is 6.07 Å². The number of hydroxylamine groups is 1. The van der Waals surface area contributed by atoms with Crippen LogP contribution >= 0.6 is 0 Å². The first-order valence-corrected chi connectivity index (χ1v) is 4.60. The molecule has 1 aliphatic heterocycles. The van der Waals surface area contributed by atoms with Gasteiger partial charge >= 0.3 is 0 Å². The molecule has 2 radical (unpaired) electrons. The van der Waals surface area contributed by atoms with Gasteiger partial charge in [-0.2, -0.15) is 9.48 Å². The van der Waals surface area contributed by atoms with E-state index in [-0.39, 0.29) is 0 Å². The van der Waals surface area contributed by atoms with Crippen LogP contribution in [-0.2, 0) is 0 Å². The Morgan fingerprint density at radius 2 is 1.93 bits per heavy atom. The highest BCUT2D eigenvalue weighted by atomic mass is 16.5. The molecule has 0 bridgehead atoms. The lowest BCUT2D eigenvalue weighted by molar-refractivity contribution is -0.491. The molecule has 0 saturated carbocycles. The monoisotopic (exact) mass is 202 g/mol. The van der Waals surface area contributed by atoms with E-state index in [4.69, 9.17) is 0 Å². The molecule has 0 saturated heterocycles. The maximum atomic E-state index is 11.6. The van der Waals surface area contributed by atoms with Gasteiger partial charge in [0.15, 0.2) is 0 Å². The van der Waals surface area contributed by atoms with E-state index in [1.54, 1.807) is 31.2 Å². The predicted octanol–water partition coefficient (Wildman–Crippen LogP) is 1.64. The van der Waals surface area contributed by atoms with Crippen LogP contribution < -0.4 is 0 Å². The summed E-state index contributed by atoms with van der Waals surface area (Å²) in [5.74, 6) is 0. The Hall–Kier alpha value is -1.84. The Labute approximate surface area is 88.0 Å². The van der Waals surface area contributed by atoms with E-state index in [0.717, 1.165) is 4.74 Å². The summed E-state index contributed by atoms with van der Waals surface area (Å²) in [6, 6.07) is 6.51. The molecular formula is C11H10N2O2. The van der Waals surface area contributed by atoms with Gasteiger partial charge in [-0.1, -0.05) is 19.1 Å². The zero-order valence-corrected chi connectivity index (χ0v) is 8.25. The molecule has 1 aliphatic rings. The van der Waals surface area contributed by atoms with E-state index in [0.29, 0.717) is 16.0 Å². The molecule has 2 rings (SSSR count). The second-order valence-corrected chi connectivity index (χ2v) is 3.23. The smallest absolute Gasteiger partial charge is 0.245 e. The molecule has 4 heteroatoms. The number of para-hydroxylation sites is 1. The Kier molecular flexibility index (Phi) is 2.41. The van der Waals surface area contributed by atoms with Crippen LogP contribution in [0.2, 0.25) is 0 Å². The van der Waals surface area contributed by atoms with Gasteiger partial charge in [-0.25, -0.2) is 0 Å². The summed E-state index contributed by atoms with van der Waals surface area (Å²) >= 11 is 0. The summed E-state index contributed by atoms with van der Waals surface area (Å²) in [4.78, 5) is 0. The quantitative estimate of drug-likeness (QED) is 0.513. The summed E-state index contributed by atoms with van der Waals surface area (Å²) in [5, 5.41) is 23.1. The number of rotatable bonds is 1. The first-order chi connectivity index (χ1) is 7.24. The van der Waals surface area contributed by atoms with Gasteiger partial charge in [0.2, 0.25) is 24.2 Å². The predicted molar refractivity (Wildman–Crippen MR) is 57.1 cm³/mol. The van der Waals surface area contributed by atoms with Crippen molar-refractivity contribution in [2.45, 2.75) is 13.0 Å². The minimum atomic E-state index is -0.517. The van der Waals surface area contributed by atoms with Gasteiger partial charge in [-0.05, 0) is 6.07 Å². The Morgan fingerprint density at radius 1 is 1.20 bits per heavy atom. The van der Waals surface area contributed by atoms with Crippen molar-refractivity contribution in [2.24, 2.45) is 0 Å². The van der Waals surface area contributed by atoms with Crippen LogP contribution in [-0.4, -0.2) is 21.9 Å². The van der Waals surface area contributed by atoms with Crippen LogP contribution in [0.15, 0.2) is 24.3 Å². The number of nitrogens with zero attached hydrogens (tertiary/aromatic N) is 2. The Morgan fingerprint density at radius 3 is 2.67 bits per heavy atom. The van der Waals surface area contributed by atoms with Crippen molar-refractivity contribution in [3.05, 3.63) is 46.7 Å². The maximum Gasteiger partial charge on any atom is 0.245 e. The molecule has 0 amide bonds. The summed E-state index contributed by atoms with van der Waals surface area (Å²) in [6.07, 6.45) is 5.29. The molecular weight excluding hydrogens is 192 g/mol. The second kappa shape index (κ2) is 3.73. The lowest BCUT2D eigenvalue weighted by Gasteiger charge is -2.13. The van der Waals surface area contributed by atoms with Crippen molar-refractivity contribution in [3.63, 3.8) is 0 Å². The number of hydrogen-bond donors (Lipinski definition) is 0. The Balaban J connectivity index is 2.61. The first kappa shape index (κ1) is 9.71. The molecule has 1 atom stereocenters. The van der Waals surface area contributed by atoms with Crippen molar-refractivity contribution < 1.29 is 9.48 Å². The molecule has 4 nitrogen and oxygen atoms in total. The third-order valence-electron chi connectivity index (χ3n) is 2.35. The SMILES string of the molecule is C[C]C1c2ccccc2[N+]([O-])=CC=[N+]1[O-]. The standard InChI is InChI=1S/C11H10N2O2/c1-2-10-9-5-3-4-6-11(9)13(15)8-7-12(10)14/h3-8,10H,1H3. The van der Waals surface area contributed by atoms with Crippen molar-refractivity contribution >= 4 is 18.1 Å².